The number of alkyl halides is 3. The molecule has 10 heteroatoms. The summed E-state index contributed by atoms with van der Waals surface area (Å²) >= 11 is 0. The van der Waals surface area contributed by atoms with Crippen LogP contribution in [0.2, 0.25) is 0 Å². The van der Waals surface area contributed by atoms with E-state index in [0.717, 1.165) is 22.8 Å². The summed E-state index contributed by atoms with van der Waals surface area (Å²) in [6.45, 7) is 0. The molecule has 2 aromatic heterocycles. The van der Waals surface area contributed by atoms with Crippen molar-refractivity contribution in [3.8, 4) is 11.4 Å². The zero-order chi connectivity index (χ0) is 20.4. The summed E-state index contributed by atoms with van der Waals surface area (Å²) in [7, 11) is 0. The fourth-order valence-electron chi connectivity index (χ4n) is 2.77. The zero-order valence-corrected chi connectivity index (χ0v) is 14.7. The number of hydrogen-bond donors (Lipinski definition) is 1. The highest BCUT2D eigenvalue weighted by molar-refractivity contribution is 6.04. The van der Waals surface area contributed by atoms with E-state index in [9.17, 15) is 18.0 Å². The molecule has 1 N–H and O–H groups in total. The lowest BCUT2D eigenvalue weighted by Crippen LogP contribution is -2.15. The van der Waals surface area contributed by atoms with Crippen LogP contribution in [0.5, 0.6) is 0 Å². The van der Waals surface area contributed by atoms with E-state index in [2.05, 4.69) is 20.4 Å². The van der Waals surface area contributed by atoms with Gasteiger partial charge in [0, 0.05) is 29.3 Å². The van der Waals surface area contributed by atoms with Crippen LogP contribution in [-0.4, -0.2) is 30.2 Å². The van der Waals surface area contributed by atoms with Crippen molar-refractivity contribution in [1.29, 1.82) is 0 Å². The first-order valence-corrected chi connectivity index (χ1v) is 8.38. The third kappa shape index (κ3) is 3.86. The van der Waals surface area contributed by atoms with Crippen LogP contribution >= 0.6 is 0 Å². The predicted molar refractivity (Wildman–Crippen MR) is 97.9 cm³/mol. The number of hydrogen-bond acceptors (Lipinski definition) is 4. The Hall–Kier alpha value is -3.95. The molecule has 0 bridgehead atoms. The van der Waals surface area contributed by atoms with Crippen molar-refractivity contribution in [3.05, 3.63) is 85.0 Å². The number of nitrogens with one attached hydrogen (secondary N) is 1. The summed E-state index contributed by atoms with van der Waals surface area (Å²) in [5.41, 5.74) is 0.0113. The van der Waals surface area contributed by atoms with E-state index in [1.54, 1.807) is 47.6 Å². The molecule has 0 spiro atoms. The quantitative estimate of drug-likeness (QED) is 0.568. The molecule has 0 atom stereocenters. The molecular formula is C19H13F3N6O. The Morgan fingerprint density at radius 3 is 2.41 bits per heavy atom. The molecule has 29 heavy (non-hydrogen) atoms. The average molecular weight is 398 g/mol. The van der Waals surface area contributed by atoms with Crippen molar-refractivity contribution in [2.24, 2.45) is 0 Å². The Morgan fingerprint density at radius 2 is 1.79 bits per heavy atom. The lowest BCUT2D eigenvalue weighted by Gasteiger charge is -2.15. The van der Waals surface area contributed by atoms with Crippen molar-refractivity contribution in [3.63, 3.8) is 0 Å². The third-order valence-electron chi connectivity index (χ3n) is 4.16. The van der Waals surface area contributed by atoms with Gasteiger partial charge in [-0.1, -0.05) is 0 Å². The summed E-state index contributed by atoms with van der Waals surface area (Å²) in [6.07, 6.45) is 2.68. The molecule has 0 aliphatic carbocycles. The van der Waals surface area contributed by atoms with Crippen molar-refractivity contribution in [2.45, 2.75) is 6.18 Å². The smallest absolute Gasteiger partial charge is 0.322 e. The van der Waals surface area contributed by atoms with Crippen LogP contribution in [-0.2, 0) is 6.18 Å². The van der Waals surface area contributed by atoms with Gasteiger partial charge in [-0.25, -0.2) is 14.6 Å². The van der Waals surface area contributed by atoms with Gasteiger partial charge in [-0.2, -0.15) is 18.3 Å². The van der Waals surface area contributed by atoms with Crippen LogP contribution in [0.4, 0.5) is 18.9 Å². The van der Waals surface area contributed by atoms with Crippen LogP contribution in [0.3, 0.4) is 0 Å². The van der Waals surface area contributed by atoms with Gasteiger partial charge in [-0.15, -0.1) is 0 Å². The zero-order valence-electron chi connectivity index (χ0n) is 14.7. The van der Waals surface area contributed by atoms with E-state index in [-0.39, 0.29) is 11.4 Å². The summed E-state index contributed by atoms with van der Waals surface area (Å²) in [6, 6.07) is 10.1. The monoisotopic (exact) mass is 398 g/mol. The summed E-state index contributed by atoms with van der Waals surface area (Å²) in [5, 5.41) is 6.23. The van der Waals surface area contributed by atoms with Crippen LogP contribution in [0.1, 0.15) is 15.9 Å². The van der Waals surface area contributed by atoms with Gasteiger partial charge in [0.15, 0.2) is 0 Å². The lowest BCUT2D eigenvalue weighted by molar-refractivity contribution is -0.137. The lowest BCUT2D eigenvalue weighted by atomic mass is 10.1. The minimum atomic E-state index is -4.63. The van der Waals surface area contributed by atoms with Crippen molar-refractivity contribution >= 4 is 11.6 Å². The van der Waals surface area contributed by atoms with Crippen molar-refractivity contribution < 1.29 is 18.0 Å². The Labute approximate surface area is 162 Å². The Balaban J connectivity index is 1.58. The maximum absolute atomic E-state index is 13.5. The first kappa shape index (κ1) is 18.4. The van der Waals surface area contributed by atoms with Crippen LogP contribution in [0.15, 0.2) is 73.8 Å². The minimum absolute atomic E-state index is 0.0184. The molecule has 0 saturated heterocycles. The molecule has 0 aliphatic rings. The van der Waals surface area contributed by atoms with Gasteiger partial charge in [-0.05, 0) is 42.5 Å². The third-order valence-corrected chi connectivity index (χ3v) is 4.16. The molecular weight excluding hydrogens is 385 g/mol. The van der Waals surface area contributed by atoms with E-state index in [1.165, 1.54) is 18.5 Å². The van der Waals surface area contributed by atoms with Crippen LogP contribution in [0, 0.1) is 0 Å². The topological polar surface area (TPSA) is 77.6 Å². The first-order valence-electron chi connectivity index (χ1n) is 8.38. The van der Waals surface area contributed by atoms with E-state index in [4.69, 9.17) is 0 Å². The number of imidazole rings is 1. The predicted octanol–water partition coefficient (Wildman–Crippen LogP) is 3.72. The second kappa shape index (κ2) is 7.23. The molecule has 7 nitrogen and oxygen atoms in total. The molecule has 2 heterocycles. The Kier molecular flexibility index (Phi) is 4.59. The largest absolute Gasteiger partial charge is 0.418 e. The Morgan fingerprint density at radius 1 is 1.00 bits per heavy atom. The molecule has 1 amide bonds. The molecule has 0 fully saturated rings. The summed E-state index contributed by atoms with van der Waals surface area (Å²) in [5.74, 6) is -0.524. The number of amides is 1. The summed E-state index contributed by atoms with van der Waals surface area (Å²) in [4.78, 5) is 20.1. The number of nitrogens with zero attached hydrogens (tertiary/aromatic N) is 5. The summed E-state index contributed by atoms with van der Waals surface area (Å²) < 4.78 is 43.2. The maximum atomic E-state index is 13.5. The highest BCUT2D eigenvalue weighted by Gasteiger charge is 2.34. The number of halogens is 3. The van der Waals surface area contributed by atoms with Crippen molar-refractivity contribution in [2.75, 3.05) is 5.32 Å². The van der Waals surface area contributed by atoms with Gasteiger partial charge in [0.2, 0.25) is 0 Å². The normalized spacial score (nSPS) is 11.4. The van der Waals surface area contributed by atoms with Crippen LogP contribution in [0.25, 0.3) is 11.4 Å². The molecule has 146 valence electrons. The van der Waals surface area contributed by atoms with Gasteiger partial charge in [-0.3, -0.25) is 4.79 Å². The number of aromatic nitrogens is 5. The number of benzene rings is 2. The number of rotatable bonds is 4. The molecule has 0 unspecified atom stereocenters. The molecule has 4 rings (SSSR count). The molecule has 0 saturated carbocycles. The Bertz CT molecular complexity index is 1120. The van der Waals surface area contributed by atoms with E-state index >= 15 is 0 Å². The van der Waals surface area contributed by atoms with Gasteiger partial charge in [0.1, 0.15) is 12.7 Å². The molecule has 2 aromatic carbocycles. The molecule has 0 aliphatic heterocycles. The van der Waals surface area contributed by atoms with E-state index < -0.39 is 17.6 Å². The minimum Gasteiger partial charge on any atom is -0.322 e. The highest BCUT2D eigenvalue weighted by Crippen LogP contribution is 2.35. The van der Waals surface area contributed by atoms with E-state index in [0.29, 0.717) is 5.56 Å². The number of carbonyl (C=O) groups excluding carboxylic acids is 1. The second-order valence-electron chi connectivity index (χ2n) is 6.04. The number of carbonyl (C=O) groups is 1. The fraction of sp³-hybridized carbons (Fsp3) is 0.0526. The van der Waals surface area contributed by atoms with Gasteiger partial charge >= 0.3 is 6.18 Å². The second-order valence-corrected chi connectivity index (χ2v) is 6.04. The van der Waals surface area contributed by atoms with Crippen molar-refractivity contribution in [1.82, 2.24) is 24.3 Å². The fourth-order valence-corrected chi connectivity index (χ4v) is 2.77. The van der Waals surface area contributed by atoms with Crippen LogP contribution < -0.4 is 5.32 Å². The standard InChI is InChI=1S/C19H13F3N6O/c20-19(21,22)16-9-14(3-6-17(16)28-12-24-10-25-28)26-18(29)13-1-4-15(5-2-13)27-8-7-23-11-27/h1-12H,(H,26,29). The molecule has 4 aromatic rings. The maximum Gasteiger partial charge on any atom is 0.418 e. The van der Waals surface area contributed by atoms with Gasteiger partial charge < -0.3 is 9.88 Å². The van der Waals surface area contributed by atoms with Gasteiger partial charge in [0.05, 0.1) is 17.6 Å². The highest BCUT2D eigenvalue weighted by atomic mass is 19.4. The molecule has 0 radical (unpaired) electrons. The van der Waals surface area contributed by atoms with Gasteiger partial charge in [0.25, 0.3) is 5.91 Å². The average Bonchev–Trinajstić information content (AvgIpc) is 3.41. The first-order chi connectivity index (χ1) is 13.9. The number of anilines is 1. The van der Waals surface area contributed by atoms with E-state index in [1.807, 2.05) is 0 Å². The SMILES string of the molecule is O=C(Nc1ccc(-n2cncn2)c(C(F)(F)F)c1)c1ccc(-n2ccnc2)cc1.